The number of terminal acetylenes is 1. The van der Waals surface area contributed by atoms with Crippen molar-refractivity contribution in [3.63, 3.8) is 0 Å². The number of hydrogen-bond acceptors (Lipinski definition) is 5. The standard InChI is InChI=1S/C28H44N2O3/c1-5-7-8-9-10-11-12-13-14-15-18-33-28-26(23-29-16-19-31-3)21-25(6-2)22-27(28)24-30-17-20-32-4/h2,21-24H,5,7-20H2,1,3-4H3. The molecule has 5 heteroatoms. The lowest BCUT2D eigenvalue weighted by molar-refractivity contribution is 0.208. The molecule has 0 spiro atoms. The van der Waals surface area contributed by atoms with Crippen molar-refractivity contribution in [1.29, 1.82) is 0 Å². The Balaban J connectivity index is 2.67. The number of rotatable bonds is 20. The molecule has 1 rings (SSSR count). The topological polar surface area (TPSA) is 52.4 Å². The van der Waals surface area contributed by atoms with Crippen molar-refractivity contribution in [2.45, 2.75) is 71.1 Å². The average Bonchev–Trinajstić information content (AvgIpc) is 2.83. The van der Waals surface area contributed by atoms with E-state index in [0.29, 0.717) is 32.9 Å². The molecule has 1 aromatic carbocycles. The lowest BCUT2D eigenvalue weighted by atomic mass is 10.0. The summed E-state index contributed by atoms with van der Waals surface area (Å²) in [6, 6.07) is 3.88. The first-order valence-electron chi connectivity index (χ1n) is 12.5. The summed E-state index contributed by atoms with van der Waals surface area (Å²) < 4.78 is 16.4. The largest absolute Gasteiger partial charge is 0.492 e. The van der Waals surface area contributed by atoms with Crippen LogP contribution in [-0.4, -0.2) is 59.6 Å². The minimum Gasteiger partial charge on any atom is -0.492 e. The zero-order chi connectivity index (χ0) is 24.0. The summed E-state index contributed by atoms with van der Waals surface area (Å²) in [7, 11) is 3.34. The Hall–Kier alpha value is -2.16. The van der Waals surface area contributed by atoms with Gasteiger partial charge in [0.25, 0.3) is 0 Å². The van der Waals surface area contributed by atoms with Crippen LogP contribution in [0.1, 0.15) is 87.8 Å². The fraction of sp³-hybridized carbons (Fsp3) is 0.643. The highest BCUT2D eigenvalue weighted by Gasteiger charge is 2.10. The van der Waals surface area contributed by atoms with Crippen molar-refractivity contribution in [1.82, 2.24) is 0 Å². The summed E-state index contributed by atoms with van der Waals surface area (Å²) in [5.41, 5.74) is 2.53. The molecule has 0 aromatic heterocycles. The number of aliphatic imine (C=N–C) groups is 2. The van der Waals surface area contributed by atoms with Gasteiger partial charge in [0.15, 0.2) is 0 Å². The van der Waals surface area contributed by atoms with Gasteiger partial charge in [-0.05, 0) is 18.6 Å². The van der Waals surface area contributed by atoms with Crippen LogP contribution in [0.25, 0.3) is 0 Å². The van der Waals surface area contributed by atoms with Crippen LogP contribution in [0.5, 0.6) is 5.75 Å². The van der Waals surface area contributed by atoms with Crippen molar-refractivity contribution < 1.29 is 14.2 Å². The summed E-state index contributed by atoms with van der Waals surface area (Å²) in [5, 5.41) is 0. The number of ether oxygens (including phenoxy) is 3. The van der Waals surface area contributed by atoms with Gasteiger partial charge < -0.3 is 14.2 Å². The van der Waals surface area contributed by atoms with E-state index in [1.807, 2.05) is 24.6 Å². The van der Waals surface area contributed by atoms with Crippen LogP contribution in [0.2, 0.25) is 0 Å². The number of benzene rings is 1. The molecule has 0 bridgehead atoms. The third kappa shape index (κ3) is 13.9. The summed E-state index contributed by atoms with van der Waals surface area (Å²) in [6.45, 7) is 5.26. The van der Waals surface area contributed by atoms with E-state index in [4.69, 9.17) is 20.6 Å². The molecule has 0 heterocycles. The summed E-state index contributed by atoms with van der Waals surface area (Å²) in [4.78, 5) is 8.92. The lowest BCUT2D eigenvalue weighted by Crippen LogP contribution is -2.05. The Morgan fingerprint density at radius 1 is 0.758 bits per heavy atom. The zero-order valence-corrected chi connectivity index (χ0v) is 21.1. The predicted molar refractivity (Wildman–Crippen MR) is 140 cm³/mol. The molecule has 0 aliphatic carbocycles. The minimum absolute atomic E-state index is 0.575. The van der Waals surface area contributed by atoms with E-state index in [9.17, 15) is 0 Å². The molecule has 0 saturated heterocycles. The molecule has 0 aliphatic rings. The second-order valence-corrected chi connectivity index (χ2v) is 8.21. The Kier molecular flexibility index (Phi) is 17.9. The van der Waals surface area contributed by atoms with E-state index in [1.165, 1.54) is 57.8 Å². The van der Waals surface area contributed by atoms with Gasteiger partial charge in [0.1, 0.15) is 5.75 Å². The van der Waals surface area contributed by atoms with Crippen LogP contribution in [0, 0.1) is 12.3 Å². The Morgan fingerprint density at radius 2 is 1.24 bits per heavy atom. The minimum atomic E-state index is 0.575. The first kappa shape index (κ1) is 28.9. The molecular weight excluding hydrogens is 412 g/mol. The molecule has 0 atom stereocenters. The van der Waals surface area contributed by atoms with Crippen LogP contribution in [0.3, 0.4) is 0 Å². The molecule has 33 heavy (non-hydrogen) atoms. The molecule has 0 amide bonds. The van der Waals surface area contributed by atoms with Gasteiger partial charge in [0.05, 0.1) is 32.9 Å². The third-order valence-corrected chi connectivity index (χ3v) is 5.37. The number of unbranched alkanes of at least 4 members (excludes halogenated alkanes) is 9. The van der Waals surface area contributed by atoms with Gasteiger partial charge in [-0.25, -0.2) is 0 Å². The normalized spacial score (nSPS) is 11.5. The summed E-state index contributed by atoms with van der Waals surface area (Å²) >= 11 is 0. The fourth-order valence-electron chi connectivity index (χ4n) is 3.49. The maximum absolute atomic E-state index is 6.24. The fourth-order valence-corrected chi connectivity index (χ4v) is 3.49. The van der Waals surface area contributed by atoms with Crippen LogP contribution >= 0.6 is 0 Å². The number of nitrogens with zero attached hydrogens (tertiary/aromatic N) is 2. The Morgan fingerprint density at radius 3 is 1.70 bits per heavy atom. The first-order chi connectivity index (χ1) is 16.3. The highest BCUT2D eigenvalue weighted by Crippen LogP contribution is 2.24. The van der Waals surface area contributed by atoms with Gasteiger partial charge in [-0.3, -0.25) is 9.98 Å². The monoisotopic (exact) mass is 456 g/mol. The molecular formula is C28H44N2O3. The molecule has 184 valence electrons. The average molecular weight is 457 g/mol. The predicted octanol–water partition coefficient (Wildman–Crippen LogP) is 6.10. The van der Waals surface area contributed by atoms with Crippen molar-refractivity contribution in [3.8, 4) is 18.1 Å². The third-order valence-electron chi connectivity index (χ3n) is 5.37. The second-order valence-electron chi connectivity index (χ2n) is 8.21. The molecule has 0 aliphatic heterocycles. The first-order valence-corrected chi connectivity index (χ1v) is 12.5. The van der Waals surface area contributed by atoms with Gasteiger partial charge >= 0.3 is 0 Å². The number of methoxy groups -OCH3 is 2. The van der Waals surface area contributed by atoms with Crippen LogP contribution in [0.15, 0.2) is 22.1 Å². The Bertz CT molecular complexity index is 683. The van der Waals surface area contributed by atoms with E-state index in [1.54, 1.807) is 14.2 Å². The Labute approximate surface area is 202 Å². The van der Waals surface area contributed by atoms with Gasteiger partial charge in [-0.1, -0.05) is 70.6 Å². The summed E-state index contributed by atoms with van der Waals surface area (Å²) in [6.07, 6.45) is 22.3. The van der Waals surface area contributed by atoms with E-state index in [0.717, 1.165) is 28.9 Å². The van der Waals surface area contributed by atoms with Crippen molar-refractivity contribution in [2.24, 2.45) is 9.98 Å². The van der Waals surface area contributed by atoms with Gasteiger partial charge in [-0.2, -0.15) is 0 Å². The molecule has 5 nitrogen and oxygen atoms in total. The van der Waals surface area contributed by atoms with Crippen molar-refractivity contribution >= 4 is 12.4 Å². The van der Waals surface area contributed by atoms with Crippen LogP contribution in [0.4, 0.5) is 0 Å². The van der Waals surface area contributed by atoms with E-state index in [2.05, 4.69) is 22.8 Å². The zero-order valence-electron chi connectivity index (χ0n) is 21.1. The quantitative estimate of drug-likeness (QED) is 0.135. The van der Waals surface area contributed by atoms with E-state index in [-0.39, 0.29) is 0 Å². The van der Waals surface area contributed by atoms with E-state index < -0.39 is 0 Å². The van der Waals surface area contributed by atoms with E-state index >= 15 is 0 Å². The van der Waals surface area contributed by atoms with Gasteiger partial charge in [0.2, 0.25) is 0 Å². The van der Waals surface area contributed by atoms with Crippen LogP contribution < -0.4 is 4.74 Å². The van der Waals surface area contributed by atoms with Crippen LogP contribution in [-0.2, 0) is 9.47 Å². The molecule has 0 unspecified atom stereocenters. The molecule has 1 aromatic rings. The molecule has 0 saturated carbocycles. The van der Waals surface area contributed by atoms with Crippen molar-refractivity contribution in [2.75, 3.05) is 47.1 Å². The van der Waals surface area contributed by atoms with Gasteiger partial charge in [0, 0.05) is 43.3 Å². The summed E-state index contributed by atoms with van der Waals surface area (Å²) in [5.74, 6) is 3.51. The smallest absolute Gasteiger partial charge is 0.136 e. The number of hydrogen-bond donors (Lipinski definition) is 0. The maximum Gasteiger partial charge on any atom is 0.136 e. The lowest BCUT2D eigenvalue weighted by Gasteiger charge is -2.13. The van der Waals surface area contributed by atoms with Gasteiger partial charge in [-0.15, -0.1) is 6.42 Å². The molecule has 0 N–H and O–H groups in total. The molecule has 0 radical (unpaired) electrons. The maximum atomic E-state index is 6.24. The molecule has 0 fully saturated rings. The SMILES string of the molecule is C#Cc1cc(C=NCCOC)c(OCCCCCCCCCCCC)c(C=NCCOC)c1. The second kappa shape index (κ2) is 20.4. The highest BCUT2D eigenvalue weighted by molar-refractivity contribution is 5.93. The highest BCUT2D eigenvalue weighted by atomic mass is 16.5. The van der Waals surface area contributed by atoms with Crippen molar-refractivity contribution in [3.05, 3.63) is 28.8 Å².